The summed E-state index contributed by atoms with van der Waals surface area (Å²) in [5.41, 5.74) is -0.105. The monoisotopic (exact) mass is 400 g/mol. The maximum absolute atomic E-state index is 12.8. The molecule has 2 rings (SSSR count). The number of hydrogen-bond acceptors (Lipinski definition) is 3. The van der Waals surface area contributed by atoms with E-state index in [1.807, 2.05) is 13.8 Å². The third kappa shape index (κ3) is 5.29. The SMILES string of the molecule is COc1ccccc1NC(=O)[C@@H](Nc1ccc(C(F)(F)F)cc1Cl)C(C)C. The van der Waals surface area contributed by atoms with E-state index in [1.54, 1.807) is 24.3 Å². The third-order valence-corrected chi connectivity index (χ3v) is 4.23. The lowest BCUT2D eigenvalue weighted by molar-refractivity contribution is -0.137. The van der Waals surface area contributed by atoms with Gasteiger partial charge in [-0.1, -0.05) is 37.6 Å². The molecule has 0 heterocycles. The molecule has 27 heavy (non-hydrogen) atoms. The second-order valence-corrected chi connectivity index (χ2v) is 6.66. The minimum absolute atomic E-state index is 0.111. The van der Waals surface area contributed by atoms with Crippen LogP contribution < -0.4 is 15.4 Å². The highest BCUT2D eigenvalue weighted by Gasteiger charge is 2.31. The molecule has 2 aromatic rings. The number of para-hydroxylation sites is 2. The van der Waals surface area contributed by atoms with Gasteiger partial charge in [0.25, 0.3) is 0 Å². The summed E-state index contributed by atoms with van der Waals surface area (Å²) in [7, 11) is 1.49. The fourth-order valence-electron chi connectivity index (χ4n) is 2.47. The van der Waals surface area contributed by atoms with Crippen molar-refractivity contribution < 1.29 is 22.7 Å². The number of rotatable bonds is 6. The van der Waals surface area contributed by atoms with Crippen molar-refractivity contribution >= 4 is 28.9 Å². The maximum atomic E-state index is 12.8. The summed E-state index contributed by atoms with van der Waals surface area (Å²) in [5, 5.41) is 5.59. The van der Waals surface area contributed by atoms with Crippen LogP contribution in [0.5, 0.6) is 5.75 Å². The number of carbonyl (C=O) groups is 1. The summed E-state index contributed by atoms with van der Waals surface area (Å²) in [6.07, 6.45) is -4.49. The second kappa shape index (κ2) is 8.52. The number of anilines is 2. The number of alkyl halides is 3. The molecule has 146 valence electrons. The zero-order chi connectivity index (χ0) is 20.2. The highest BCUT2D eigenvalue weighted by Crippen LogP contribution is 2.34. The van der Waals surface area contributed by atoms with Crippen molar-refractivity contribution in [3.05, 3.63) is 53.1 Å². The molecule has 0 aliphatic rings. The Labute approximate surface area is 160 Å². The summed E-state index contributed by atoms with van der Waals surface area (Å²) in [6.45, 7) is 3.63. The summed E-state index contributed by atoms with van der Waals surface area (Å²) < 4.78 is 43.5. The van der Waals surface area contributed by atoms with Crippen LogP contribution in [0.25, 0.3) is 0 Å². The van der Waals surface area contributed by atoms with Crippen molar-refractivity contribution in [2.45, 2.75) is 26.1 Å². The fourth-order valence-corrected chi connectivity index (χ4v) is 2.70. The lowest BCUT2D eigenvalue weighted by Gasteiger charge is -2.24. The highest BCUT2D eigenvalue weighted by molar-refractivity contribution is 6.33. The summed E-state index contributed by atoms with van der Waals surface area (Å²) >= 11 is 5.98. The zero-order valence-electron chi connectivity index (χ0n) is 15.0. The molecule has 4 nitrogen and oxygen atoms in total. The molecule has 0 saturated carbocycles. The average molecular weight is 401 g/mol. The second-order valence-electron chi connectivity index (χ2n) is 6.25. The number of amides is 1. The van der Waals surface area contributed by atoms with Gasteiger partial charge in [-0.25, -0.2) is 0 Å². The van der Waals surface area contributed by atoms with Gasteiger partial charge >= 0.3 is 6.18 Å². The number of halogens is 4. The van der Waals surface area contributed by atoms with Crippen LogP contribution in [0.3, 0.4) is 0 Å². The first-order chi connectivity index (χ1) is 12.6. The normalized spacial score (nSPS) is 12.6. The Kier molecular flexibility index (Phi) is 6.59. The van der Waals surface area contributed by atoms with E-state index in [4.69, 9.17) is 16.3 Å². The molecule has 2 aromatic carbocycles. The molecule has 2 N–H and O–H groups in total. The van der Waals surface area contributed by atoms with Crippen molar-refractivity contribution in [1.29, 1.82) is 0 Å². The van der Waals surface area contributed by atoms with E-state index in [2.05, 4.69) is 10.6 Å². The fraction of sp³-hybridized carbons (Fsp3) is 0.316. The molecule has 0 saturated heterocycles. The number of hydrogen-bond donors (Lipinski definition) is 2. The van der Waals surface area contributed by atoms with Crippen molar-refractivity contribution in [2.75, 3.05) is 17.7 Å². The Morgan fingerprint density at radius 3 is 2.33 bits per heavy atom. The Balaban J connectivity index is 2.21. The summed E-state index contributed by atoms with van der Waals surface area (Å²) in [4.78, 5) is 12.7. The quantitative estimate of drug-likeness (QED) is 0.678. The van der Waals surface area contributed by atoms with E-state index in [0.717, 1.165) is 12.1 Å². The van der Waals surface area contributed by atoms with Crippen molar-refractivity contribution in [3.63, 3.8) is 0 Å². The van der Waals surface area contributed by atoms with E-state index in [1.165, 1.54) is 13.2 Å². The van der Waals surface area contributed by atoms with E-state index < -0.39 is 17.8 Å². The zero-order valence-corrected chi connectivity index (χ0v) is 15.8. The molecule has 8 heteroatoms. The Bertz CT molecular complexity index is 810. The average Bonchev–Trinajstić information content (AvgIpc) is 2.59. The molecule has 1 amide bonds. The Hall–Kier alpha value is -2.41. The molecule has 0 aromatic heterocycles. The molecule has 0 spiro atoms. The molecule has 0 fully saturated rings. The lowest BCUT2D eigenvalue weighted by Crippen LogP contribution is -2.39. The molecule has 0 unspecified atom stereocenters. The predicted molar refractivity (Wildman–Crippen MR) is 100 cm³/mol. The number of nitrogens with one attached hydrogen (secondary N) is 2. The van der Waals surface area contributed by atoms with Crippen LogP contribution in [-0.2, 0) is 11.0 Å². The van der Waals surface area contributed by atoms with Crippen LogP contribution >= 0.6 is 11.6 Å². The van der Waals surface area contributed by atoms with Crippen LogP contribution in [0.4, 0.5) is 24.5 Å². The summed E-state index contributed by atoms with van der Waals surface area (Å²) in [6, 6.07) is 9.18. The first-order valence-electron chi connectivity index (χ1n) is 8.20. The Morgan fingerprint density at radius 1 is 1.11 bits per heavy atom. The van der Waals surface area contributed by atoms with Gasteiger partial charge in [-0.3, -0.25) is 4.79 Å². The predicted octanol–water partition coefficient (Wildman–Crippen LogP) is 5.44. The van der Waals surface area contributed by atoms with Gasteiger partial charge < -0.3 is 15.4 Å². The minimum Gasteiger partial charge on any atom is -0.495 e. The van der Waals surface area contributed by atoms with Gasteiger partial charge in [0, 0.05) is 0 Å². The smallest absolute Gasteiger partial charge is 0.416 e. The van der Waals surface area contributed by atoms with E-state index in [-0.39, 0.29) is 22.5 Å². The van der Waals surface area contributed by atoms with Crippen LogP contribution in [-0.4, -0.2) is 19.1 Å². The molecule has 0 aliphatic carbocycles. The molecular weight excluding hydrogens is 381 g/mol. The maximum Gasteiger partial charge on any atom is 0.416 e. The number of benzene rings is 2. The van der Waals surface area contributed by atoms with Gasteiger partial charge in [-0.15, -0.1) is 0 Å². The van der Waals surface area contributed by atoms with Gasteiger partial charge in [0.2, 0.25) is 5.91 Å². The lowest BCUT2D eigenvalue weighted by atomic mass is 10.0. The number of ether oxygens (including phenoxy) is 1. The summed E-state index contributed by atoms with van der Waals surface area (Å²) in [5.74, 6) is -0.00977. The first kappa shape index (κ1) is 20.9. The van der Waals surface area contributed by atoms with Gasteiger partial charge in [0.1, 0.15) is 11.8 Å². The van der Waals surface area contributed by atoms with Crippen LogP contribution in [0.2, 0.25) is 5.02 Å². The standard InChI is InChI=1S/C19H20ClF3N2O2/c1-11(2)17(18(26)25-15-6-4-5-7-16(15)27-3)24-14-9-8-12(10-13(14)20)19(21,22)23/h4-11,17,24H,1-3H3,(H,25,26)/t17-/m0/s1. The van der Waals surface area contributed by atoms with Crippen LogP contribution in [0.15, 0.2) is 42.5 Å². The van der Waals surface area contributed by atoms with Gasteiger partial charge in [-0.05, 0) is 36.2 Å². The highest BCUT2D eigenvalue weighted by atomic mass is 35.5. The first-order valence-corrected chi connectivity index (χ1v) is 8.58. The van der Waals surface area contributed by atoms with Crippen molar-refractivity contribution in [2.24, 2.45) is 5.92 Å². The van der Waals surface area contributed by atoms with Crippen LogP contribution in [0.1, 0.15) is 19.4 Å². The van der Waals surface area contributed by atoms with Gasteiger partial charge in [0.05, 0.1) is 29.1 Å². The van der Waals surface area contributed by atoms with Crippen molar-refractivity contribution in [1.82, 2.24) is 0 Å². The van der Waals surface area contributed by atoms with E-state index >= 15 is 0 Å². The molecule has 0 bridgehead atoms. The largest absolute Gasteiger partial charge is 0.495 e. The van der Waals surface area contributed by atoms with E-state index in [0.29, 0.717) is 11.4 Å². The molecule has 0 radical (unpaired) electrons. The van der Waals surface area contributed by atoms with Gasteiger partial charge in [0.15, 0.2) is 0 Å². The van der Waals surface area contributed by atoms with Crippen molar-refractivity contribution in [3.8, 4) is 5.75 Å². The molecular formula is C19H20ClF3N2O2. The molecule has 1 atom stereocenters. The van der Waals surface area contributed by atoms with E-state index in [9.17, 15) is 18.0 Å². The number of methoxy groups -OCH3 is 1. The third-order valence-electron chi connectivity index (χ3n) is 3.92. The number of carbonyl (C=O) groups excluding carboxylic acids is 1. The topological polar surface area (TPSA) is 50.4 Å². The minimum atomic E-state index is -4.49. The van der Waals surface area contributed by atoms with Gasteiger partial charge in [-0.2, -0.15) is 13.2 Å². The molecule has 0 aliphatic heterocycles. The van der Waals surface area contributed by atoms with Crippen LogP contribution in [0, 0.1) is 5.92 Å². The Morgan fingerprint density at radius 2 is 1.78 bits per heavy atom.